The maximum atomic E-state index is 11.9. The fourth-order valence-electron chi connectivity index (χ4n) is 1.77. The van der Waals surface area contributed by atoms with Crippen molar-refractivity contribution in [2.45, 2.75) is 25.8 Å². The number of nitrogens with zero attached hydrogens (tertiary/aromatic N) is 1. The Morgan fingerprint density at radius 3 is 2.83 bits per heavy atom. The SMILES string of the molecule is Cc1cc(Cl)nc(Cl)c1NC(=O)C1CCC(=O)N1. The first kappa shape index (κ1) is 13.1. The number of aromatic nitrogens is 1. The zero-order valence-electron chi connectivity index (χ0n) is 9.59. The largest absolute Gasteiger partial charge is 0.344 e. The van der Waals surface area contributed by atoms with Crippen LogP contribution in [-0.4, -0.2) is 22.8 Å². The molecule has 1 unspecified atom stereocenters. The maximum Gasteiger partial charge on any atom is 0.247 e. The summed E-state index contributed by atoms with van der Waals surface area (Å²) in [4.78, 5) is 26.8. The van der Waals surface area contributed by atoms with E-state index in [0.717, 1.165) is 5.56 Å². The zero-order valence-corrected chi connectivity index (χ0v) is 11.1. The number of pyridine rings is 1. The summed E-state index contributed by atoms with van der Waals surface area (Å²) in [6.45, 7) is 1.77. The van der Waals surface area contributed by atoms with Gasteiger partial charge in [0.1, 0.15) is 11.2 Å². The molecule has 0 aliphatic carbocycles. The van der Waals surface area contributed by atoms with Crippen LogP contribution in [0.1, 0.15) is 18.4 Å². The molecule has 96 valence electrons. The van der Waals surface area contributed by atoms with Gasteiger partial charge in [-0.15, -0.1) is 0 Å². The van der Waals surface area contributed by atoms with Crippen LogP contribution in [0.15, 0.2) is 6.07 Å². The molecule has 1 saturated heterocycles. The van der Waals surface area contributed by atoms with Crippen molar-refractivity contribution in [3.63, 3.8) is 0 Å². The number of carbonyl (C=O) groups is 2. The Kier molecular flexibility index (Phi) is 3.73. The predicted octanol–water partition coefficient (Wildman–Crippen LogP) is 1.91. The zero-order chi connectivity index (χ0) is 13.3. The highest BCUT2D eigenvalue weighted by atomic mass is 35.5. The molecule has 0 radical (unpaired) electrons. The van der Waals surface area contributed by atoms with E-state index < -0.39 is 6.04 Å². The Labute approximate surface area is 114 Å². The number of aryl methyl sites for hydroxylation is 1. The molecule has 7 heteroatoms. The van der Waals surface area contributed by atoms with Gasteiger partial charge in [-0.1, -0.05) is 23.2 Å². The lowest BCUT2D eigenvalue weighted by atomic mass is 10.2. The molecular formula is C11H11Cl2N3O2. The van der Waals surface area contributed by atoms with Crippen LogP contribution in [0.25, 0.3) is 0 Å². The maximum absolute atomic E-state index is 11.9. The number of hydrogen-bond donors (Lipinski definition) is 2. The Hall–Kier alpha value is -1.33. The van der Waals surface area contributed by atoms with Gasteiger partial charge in [0, 0.05) is 6.42 Å². The molecule has 1 aromatic heterocycles. The number of amides is 2. The van der Waals surface area contributed by atoms with Crippen molar-refractivity contribution >= 4 is 40.7 Å². The van der Waals surface area contributed by atoms with Crippen molar-refractivity contribution < 1.29 is 9.59 Å². The third-order valence-electron chi connectivity index (χ3n) is 2.70. The molecule has 2 rings (SSSR count). The number of rotatable bonds is 2. The van der Waals surface area contributed by atoms with E-state index in [9.17, 15) is 9.59 Å². The minimum absolute atomic E-state index is 0.118. The molecule has 5 nitrogen and oxygen atoms in total. The van der Waals surface area contributed by atoms with Crippen LogP contribution >= 0.6 is 23.2 Å². The van der Waals surface area contributed by atoms with Gasteiger partial charge >= 0.3 is 0 Å². The molecule has 2 amide bonds. The number of hydrogen-bond acceptors (Lipinski definition) is 3. The summed E-state index contributed by atoms with van der Waals surface area (Å²) in [5, 5.41) is 5.65. The third-order valence-corrected chi connectivity index (χ3v) is 3.17. The highest BCUT2D eigenvalue weighted by Crippen LogP contribution is 2.26. The van der Waals surface area contributed by atoms with Crippen LogP contribution in [0.3, 0.4) is 0 Å². The van der Waals surface area contributed by atoms with Crippen molar-refractivity contribution in [3.8, 4) is 0 Å². The van der Waals surface area contributed by atoms with E-state index in [4.69, 9.17) is 23.2 Å². The molecule has 0 bridgehead atoms. The lowest BCUT2D eigenvalue weighted by molar-refractivity contribution is -0.122. The van der Waals surface area contributed by atoms with E-state index in [2.05, 4.69) is 15.6 Å². The Morgan fingerprint density at radius 1 is 1.56 bits per heavy atom. The van der Waals surface area contributed by atoms with E-state index >= 15 is 0 Å². The molecule has 18 heavy (non-hydrogen) atoms. The van der Waals surface area contributed by atoms with E-state index in [1.807, 2.05) is 0 Å². The number of nitrogens with one attached hydrogen (secondary N) is 2. The molecule has 0 aromatic carbocycles. The predicted molar refractivity (Wildman–Crippen MR) is 68.8 cm³/mol. The summed E-state index contributed by atoms with van der Waals surface area (Å²) >= 11 is 11.7. The minimum Gasteiger partial charge on any atom is -0.344 e. The number of carbonyl (C=O) groups excluding carboxylic acids is 2. The standard InChI is InChI=1S/C11H11Cl2N3O2/c1-5-4-7(12)15-10(13)9(5)16-11(18)6-2-3-8(17)14-6/h4,6H,2-3H2,1H3,(H,14,17)(H,16,18). The normalized spacial score (nSPS) is 18.6. The van der Waals surface area contributed by atoms with Gasteiger partial charge in [0.15, 0.2) is 5.15 Å². The van der Waals surface area contributed by atoms with Gasteiger partial charge in [-0.2, -0.15) is 0 Å². The lowest BCUT2D eigenvalue weighted by Crippen LogP contribution is -2.37. The monoisotopic (exact) mass is 287 g/mol. The van der Waals surface area contributed by atoms with Crippen molar-refractivity contribution in [2.75, 3.05) is 5.32 Å². The summed E-state index contributed by atoms with van der Waals surface area (Å²) in [5.74, 6) is -0.415. The molecule has 1 aliphatic rings. The van der Waals surface area contributed by atoms with Crippen LogP contribution in [-0.2, 0) is 9.59 Å². The van der Waals surface area contributed by atoms with Crippen molar-refractivity contribution in [1.29, 1.82) is 0 Å². The van der Waals surface area contributed by atoms with Crippen LogP contribution < -0.4 is 10.6 Å². The van der Waals surface area contributed by atoms with Crippen LogP contribution in [0.4, 0.5) is 5.69 Å². The van der Waals surface area contributed by atoms with Crippen LogP contribution in [0.5, 0.6) is 0 Å². The van der Waals surface area contributed by atoms with Gasteiger partial charge in [0.05, 0.1) is 5.69 Å². The van der Waals surface area contributed by atoms with Crippen molar-refractivity contribution in [3.05, 3.63) is 21.9 Å². The molecule has 1 atom stereocenters. The first-order valence-electron chi connectivity index (χ1n) is 5.40. The van der Waals surface area contributed by atoms with Gasteiger partial charge < -0.3 is 10.6 Å². The summed E-state index contributed by atoms with van der Waals surface area (Å²) in [6.07, 6.45) is 0.853. The topological polar surface area (TPSA) is 71.1 Å². The van der Waals surface area contributed by atoms with Gasteiger partial charge in [-0.25, -0.2) is 4.98 Å². The van der Waals surface area contributed by atoms with E-state index in [1.165, 1.54) is 0 Å². The summed E-state index contributed by atoms with van der Waals surface area (Å²) < 4.78 is 0. The summed E-state index contributed by atoms with van der Waals surface area (Å²) in [5.41, 5.74) is 1.14. The Bertz CT molecular complexity index is 496. The highest BCUT2D eigenvalue weighted by Gasteiger charge is 2.27. The molecule has 1 fully saturated rings. The molecule has 0 saturated carbocycles. The average molecular weight is 288 g/mol. The molecule has 1 aliphatic heterocycles. The fraction of sp³-hybridized carbons (Fsp3) is 0.364. The van der Waals surface area contributed by atoms with Gasteiger partial charge in [0.25, 0.3) is 0 Å². The average Bonchev–Trinajstić information content (AvgIpc) is 2.70. The molecule has 1 aromatic rings. The Morgan fingerprint density at radius 2 is 2.28 bits per heavy atom. The third kappa shape index (κ3) is 2.73. The van der Waals surface area contributed by atoms with E-state index in [0.29, 0.717) is 18.5 Å². The van der Waals surface area contributed by atoms with Gasteiger partial charge in [0.2, 0.25) is 11.8 Å². The second kappa shape index (κ2) is 5.12. The highest BCUT2D eigenvalue weighted by molar-refractivity contribution is 6.34. The van der Waals surface area contributed by atoms with E-state index in [1.54, 1.807) is 13.0 Å². The number of anilines is 1. The summed E-state index contributed by atoms with van der Waals surface area (Å²) in [7, 11) is 0. The van der Waals surface area contributed by atoms with Gasteiger partial charge in [-0.05, 0) is 25.0 Å². The summed E-state index contributed by atoms with van der Waals surface area (Å²) in [6, 6.07) is 1.10. The second-order valence-electron chi connectivity index (χ2n) is 4.08. The first-order chi connectivity index (χ1) is 8.47. The van der Waals surface area contributed by atoms with E-state index in [-0.39, 0.29) is 22.1 Å². The quantitative estimate of drug-likeness (QED) is 0.817. The molecule has 0 spiro atoms. The number of halogens is 2. The van der Waals surface area contributed by atoms with Gasteiger partial charge in [-0.3, -0.25) is 9.59 Å². The molecular weight excluding hydrogens is 277 g/mol. The van der Waals surface area contributed by atoms with Crippen molar-refractivity contribution in [2.24, 2.45) is 0 Å². The molecule has 2 heterocycles. The molecule has 2 N–H and O–H groups in total. The van der Waals surface area contributed by atoms with Crippen LogP contribution in [0, 0.1) is 6.92 Å². The second-order valence-corrected chi connectivity index (χ2v) is 4.82. The Balaban J connectivity index is 2.14. The van der Waals surface area contributed by atoms with Crippen molar-refractivity contribution in [1.82, 2.24) is 10.3 Å². The smallest absolute Gasteiger partial charge is 0.247 e. The minimum atomic E-state index is -0.511. The van der Waals surface area contributed by atoms with Crippen LogP contribution in [0.2, 0.25) is 10.3 Å². The first-order valence-corrected chi connectivity index (χ1v) is 6.16. The lowest BCUT2D eigenvalue weighted by Gasteiger charge is -2.13. The fourth-order valence-corrected chi connectivity index (χ4v) is 2.35.